The van der Waals surface area contributed by atoms with Gasteiger partial charge in [-0.3, -0.25) is 0 Å². The van der Waals surface area contributed by atoms with Crippen molar-refractivity contribution in [3.63, 3.8) is 0 Å². The molecule has 0 unspecified atom stereocenters. The van der Waals surface area contributed by atoms with Crippen molar-refractivity contribution >= 4 is 11.6 Å². The molecule has 6 heteroatoms. The normalized spacial score (nSPS) is 10.4. The molecule has 1 aromatic carbocycles. The molecule has 0 aliphatic rings. The lowest BCUT2D eigenvalue weighted by Crippen LogP contribution is -1.99. The number of halogens is 1. The fourth-order valence-corrected chi connectivity index (χ4v) is 2.00. The Labute approximate surface area is 122 Å². The fourth-order valence-electron chi connectivity index (χ4n) is 1.80. The summed E-state index contributed by atoms with van der Waals surface area (Å²) in [6, 6.07) is 7.08. The Morgan fingerprint density at radius 1 is 1.05 bits per heavy atom. The third-order valence-corrected chi connectivity index (χ3v) is 2.88. The number of hydrogen-bond donors (Lipinski definition) is 0. The van der Waals surface area contributed by atoms with E-state index in [-0.39, 0.29) is 0 Å². The molecule has 0 spiro atoms. The lowest BCUT2D eigenvalue weighted by Gasteiger charge is -2.10. The van der Waals surface area contributed by atoms with Crippen molar-refractivity contribution in [3.8, 4) is 22.9 Å². The summed E-state index contributed by atoms with van der Waals surface area (Å²) in [4.78, 5) is 8.66. The van der Waals surface area contributed by atoms with Crippen LogP contribution in [0, 0.1) is 0 Å². The van der Waals surface area contributed by atoms with E-state index >= 15 is 0 Å². The van der Waals surface area contributed by atoms with E-state index in [9.17, 15) is 0 Å². The Hall–Kier alpha value is -1.85. The second kappa shape index (κ2) is 6.54. The molecule has 106 valence electrons. The largest absolute Gasteiger partial charge is 0.497 e. The van der Waals surface area contributed by atoms with Gasteiger partial charge in [-0.1, -0.05) is 11.6 Å². The van der Waals surface area contributed by atoms with Gasteiger partial charge in [0.15, 0.2) is 5.82 Å². The van der Waals surface area contributed by atoms with Gasteiger partial charge in [-0.05, 0) is 24.3 Å². The van der Waals surface area contributed by atoms with Crippen molar-refractivity contribution in [2.24, 2.45) is 0 Å². The Morgan fingerprint density at radius 2 is 1.85 bits per heavy atom. The number of aromatic nitrogens is 2. The molecular weight excluding hydrogens is 280 g/mol. The highest BCUT2D eigenvalue weighted by molar-refractivity contribution is 6.29. The molecule has 1 heterocycles. The van der Waals surface area contributed by atoms with Crippen molar-refractivity contribution < 1.29 is 14.2 Å². The van der Waals surface area contributed by atoms with Gasteiger partial charge in [-0.15, -0.1) is 0 Å². The van der Waals surface area contributed by atoms with E-state index in [0.717, 1.165) is 0 Å². The van der Waals surface area contributed by atoms with Crippen molar-refractivity contribution in [1.82, 2.24) is 9.97 Å². The summed E-state index contributed by atoms with van der Waals surface area (Å²) < 4.78 is 15.6. The summed E-state index contributed by atoms with van der Waals surface area (Å²) in [5.41, 5.74) is 1.42. The Bertz CT molecular complexity index is 605. The lowest BCUT2D eigenvalue weighted by molar-refractivity contribution is 0.181. The van der Waals surface area contributed by atoms with Gasteiger partial charge in [-0.25, -0.2) is 9.97 Å². The molecule has 1 aromatic heterocycles. The van der Waals surface area contributed by atoms with Crippen LogP contribution in [0.1, 0.15) is 5.69 Å². The molecule has 5 nitrogen and oxygen atoms in total. The van der Waals surface area contributed by atoms with Gasteiger partial charge in [0.1, 0.15) is 16.7 Å². The van der Waals surface area contributed by atoms with Crippen molar-refractivity contribution in [1.29, 1.82) is 0 Å². The predicted octanol–water partition coefficient (Wildman–Crippen LogP) is 2.96. The summed E-state index contributed by atoms with van der Waals surface area (Å²) in [5.74, 6) is 1.81. The molecule has 0 aliphatic heterocycles. The molecular formula is C14H15ClN2O3. The number of hydrogen-bond acceptors (Lipinski definition) is 5. The SMILES string of the molecule is COCc1cc(Cl)nc(-c2cc(OC)ccc2OC)n1. The molecule has 0 saturated heterocycles. The second-order valence-electron chi connectivity index (χ2n) is 4.00. The highest BCUT2D eigenvalue weighted by atomic mass is 35.5. The van der Waals surface area contributed by atoms with E-state index in [1.54, 1.807) is 39.5 Å². The van der Waals surface area contributed by atoms with Crippen LogP contribution < -0.4 is 9.47 Å². The van der Waals surface area contributed by atoms with E-state index in [1.165, 1.54) is 0 Å². The topological polar surface area (TPSA) is 53.5 Å². The fraction of sp³-hybridized carbons (Fsp3) is 0.286. The summed E-state index contributed by atoms with van der Waals surface area (Å²) in [6.45, 7) is 0.363. The van der Waals surface area contributed by atoms with Crippen LogP contribution in [-0.2, 0) is 11.3 Å². The lowest BCUT2D eigenvalue weighted by atomic mass is 10.1. The maximum absolute atomic E-state index is 6.03. The van der Waals surface area contributed by atoms with Gasteiger partial charge in [0, 0.05) is 7.11 Å². The van der Waals surface area contributed by atoms with E-state index in [2.05, 4.69) is 9.97 Å². The smallest absolute Gasteiger partial charge is 0.165 e. The molecule has 2 aromatic rings. The molecule has 0 amide bonds. The maximum atomic E-state index is 6.03. The van der Waals surface area contributed by atoms with Crippen LogP contribution in [0.15, 0.2) is 24.3 Å². The van der Waals surface area contributed by atoms with Crippen LogP contribution in [0.2, 0.25) is 5.15 Å². The molecule has 0 radical (unpaired) electrons. The number of ether oxygens (including phenoxy) is 3. The summed E-state index contributed by atoms with van der Waals surface area (Å²) in [7, 11) is 4.79. The Balaban J connectivity index is 2.54. The number of nitrogens with zero attached hydrogens (tertiary/aromatic N) is 2. The second-order valence-corrected chi connectivity index (χ2v) is 4.39. The van der Waals surface area contributed by atoms with E-state index < -0.39 is 0 Å². The first-order chi connectivity index (χ1) is 9.67. The van der Waals surface area contributed by atoms with E-state index in [1.807, 2.05) is 6.07 Å². The minimum atomic E-state index is 0.354. The van der Waals surface area contributed by atoms with E-state index in [0.29, 0.717) is 40.3 Å². The predicted molar refractivity (Wildman–Crippen MR) is 76.3 cm³/mol. The third kappa shape index (κ3) is 3.18. The average molecular weight is 295 g/mol. The maximum Gasteiger partial charge on any atom is 0.165 e. The first-order valence-corrected chi connectivity index (χ1v) is 6.30. The van der Waals surface area contributed by atoms with Crippen molar-refractivity contribution in [2.45, 2.75) is 6.61 Å². The third-order valence-electron chi connectivity index (χ3n) is 2.69. The molecule has 0 N–H and O–H groups in total. The molecule has 0 fully saturated rings. The first-order valence-electron chi connectivity index (χ1n) is 5.92. The standard InChI is InChI=1S/C14H15ClN2O3/c1-18-8-9-6-13(15)17-14(16-9)11-7-10(19-2)4-5-12(11)20-3/h4-7H,8H2,1-3H3. The minimum Gasteiger partial charge on any atom is -0.497 e. The van der Waals surface area contributed by atoms with Crippen LogP contribution in [0.3, 0.4) is 0 Å². The number of benzene rings is 1. The van der Waals surface area contributed by atoms with Crippen molar-refractivity contribution in [3.05, 3.63) is 35.1 Å². The Kier molecular flexibility index (Phi) is 4.76. The zero-order valence-electron chi connectivity index (χ0n) is 11.5. The molecule has 0 bridgehead atoms. The zero-order chi connectivity index (χ0) is 14.5. The number of methoxy groups -OCH3 is 3. The molecule has 0 atom stereocenters. The zero-order valence-corrected chi connectivity index (χ0v) is 12.3. The highest BCUT2D eigenvalue weighted by Crippen LogP contribution is 2.32. The van der Waals surface area contributed by atoms with Crippen LogP contribution in [-0.4, -0.2) is 31.3 Å². The van der Waals surface area contributed by atoms with Gasteiger partial charge in [0.05, 0.1) is 32.1 Å². The Morgan fingerprint density at radius 3 is 2.50 bits per heavy atom. The van der Waals surface area contributed by atoms with E-state index in [4.69, 9.17) is 25.8 Å². The van der Waals surface area contributed by atoms with Crippen LogP contribution >= 0.6 is 11.6 Å². The van der Waals surface area contributed by atoms with Gasteiger partial charge in [0.2, 0.25) is 0 Å². The molecule has 0 aliphatic carbocycles. The van der Waals surface area contributed by atoms with Crippen LogP contribution in [0.5, 0.6) is 11.5 Å². The summed E-state index contributed by atoms with van der Waals surface area (Å²) in [5, 5.41) is 0.354. The molecule has 2 rings (SSSR count). The van der Waals surface area contributed by atoms with Gasteiger partial charge in [-0.2, -0.15) is 0 Å². The van der Waals surface area contributed by atoms with Gasteiger partial charge in [0.25, 0.3) is 0 Å². The molecule has 20 heavy (non-hydrogen) atoms. The summed E-state index contributed by atoms with van der Waals surface area (Å²) in [6.07, 6.45) is 0. The van der Waals surface area contributed by atoms with Crippen LogP contribution in [0.4, 0.5) is 0 Å². The quantitative estimate of drug-likeness (QED) is 0.794. The molecule has 0 saturated carbocycles. The minimum absolute atomic E-state index is 0.354. The van der Waals surface area contributed by atoms with Gasteiger partial charge >= 0.3 is 0 Å². The monoisotopic (exact) mass is 294 g/mol. The number of rotatable bonds is 5. The van der Waals surface area contributed by atoms with Crippen LogP contribution in [0.25, 0.3) is 11.4 Å². The van der Waals surface area contributed by atoms with Gasteiger partial charge < -0.3 is 14.2 Å². The first kappa shape index (κ1) is 14.6. The summed E-state index contributed by atoms with van der Waals surface area (Å²) >= 11 is 6.03. The van der Waals surface area contributed by atoms with Crippen molar-refractivity contribution in [2.75, 3.05) is 21.3 Å². The average Bonchev–Trinajstić information content (AvgIpc) is 2.46. The highest BCUT2D eigenvalue weighted by Gasteiger charge is 2.12.